The summed E-state index contributed by atoms with van der Waals surface area (Å²) in [5.41, 5.74) is 5.25. The van der Waals surface area contributed by atoms with Gasteiger partial charge >= 0.3 is 0 Å². The zero-order valence-corrected chi connectivity index (χ0v) is 23.0. The Hall–Kier alpha value is -1.16. The second-order valence-corrected chi connectivity index (χ2v) is 10.9. The van der Waals surface area contributed by atoms with Crippen molar-refractivity contribution in [3.8, 4) is 11.5 Å². The standard InChI is InChI=1S/C26H32Br2N2O4/c1-31-23-13-19-17(11-21(23)27)3-9-33-25(19)15-29-5-7-30(8-6-29)16-26-20-14-24(32-2)22(28)12-18(20)4-10-34-26/h11-14,25-26H,3-10,15-16H2,1-2H3. The van der Waals surface area contributed by atoms with Crippen molar-refractivity contribution in [2.75, 3.05) is 66.7 Å². The second-order valence-electron chi connectivity index (χ2n) is 9.19. The molecule has 2 aromatic rings. The Morgan fingerprint density at radius 2 is 1.15 bits per heavy atom. The fourth-order valence-corrected chi connectivity index (χ4v) is 6.40. The molecule has 0 aliphatic carbocycles. The van der Waals surface area contributed by atoms with E-state index in [2.05, 4.69) is 65.9 Å². The van der Waals surface area contributed by atoms with Gasteiger partial charge in [-0.05, 0) is 91.2 Å². The Morgan fingerprint density at radius 1 is 0.735 bits per heavy atom. The van der Waals surface area contributed by atoms with Crippen molar-refractivity contribution < 1.29 is 18.9 Å². The van der Waals surface area contributed by atoms with Gasteiger partial charge in [0.1, 0.15) is 11.5 Å². The van der Waals surface area contributed by atoms with Crippen LogP contribution >= 0.6 is 31.9 Å². The van der Waals surface area contributed by atoms with Crippen molar-refractivity contribution >= 4 is 31.9 Å². The average molecular weight is 596 g/mol. The van der Waals surface area contributed by atoms with Crippen LogP contribution in [0.3, 0.4) is 0 Å². The summed E-state index contributed by atoms with van der Waals surface area (Å²) in [5.74, 6) is 1.74. The van der Waals surface area contributed by atoms with Gasteiger partial charge in [-0.3, -0.25) is 9.80 Å². The van der Waals surface area contributed by atoms with Crippen LogP contribution < -0.4 is 9.47 Å². The maximum absolute atomic E-state index is 6.20. The van der Waals surface area contributed by atoms with E-state index in [0.717, 1.165) is 85.8 Å². The molecule has 2 aromatic carbocycles. The molecule has 5 rings (SSSR count). The van der Waals surface area contributed by atoms with Crippen LogP contribution in [0.5, 0.6) is 11.5 Å². The molecule has 1 saturated heterocycles. The van der Waals surface area contributed by atoms with Gasteiger partial charge < -0.3 is 18.9 Å². The summed E-state index contributed by atoms with van der Waals surface area (Å²) < 4.78 is 25.5. The first-order valence-corrected chi connectivity index (χ1v) is 13.5. The molecule has 6 nitrogen and oxygen atoms in total. The van der Waals surface area contributed by atoms with Crippen LogP contribution in [0.25, 0.3) is 0 Å². The first kappa shape index (κ1) is 24.5. The van der Waals surface area contributed by atoms with E-state index in [1.807, 2.05) is 0 Å². The van der Waals surface area contributed by atoms with Crippen LogP contribution in [0, 0.1) is 0 Å². The van der Waals surface area contributed by atoms with Crippen LogP contribution in [0.4, 0.5) is 0 Å². The lowest BCUT2D eigenvalue weighted by atomic mass is 9.96. The number of hydrogen-bond donors (Lipinski definition) is 0. The Morgan fingerprint density at radius 3 is 1.53 bits per heavy atom. The molecule has 3 aliphatic heterocycles. The van der Waals surface area contributed by atoms with E-state index >= 15 is 0 Å². The molecular formula is C26H32Br2N2O4. The number of methoxy groups -OCH3 is 2. The highest BCUT2D eigenvalue weighted by atomic mass is 79.9. The normalized spacial score (nSPS) is 23.3. The van der Waals surface area contributed by atoms with Crippen LogP contribution in [0.1, 0.15) is 34.5 Å². The smallest absolute Gasteiger partial charge is 0.133 e. The molecule has 0 bridgehead atoms. The predicted molar refractivity (Wildman–Crippen MR) is 139 cm³/mol. The number of nitrogens with zero attached hydrogens (tertiary/aromatic N) is 2. The highest BCUT2D eigenvalue weighted by molar-refractivity contribution is 9.10. The topological polar surface area (TPSA) is 43.4 Å². The molecule has 1 fully saturated rings. The van der Waals surface area contributed by atoms with Crippen molar-refractivity contribution in [2.45, 2.75) is 25.0 Å². The van der Waals surface area contributed by atoms with Crippen molar-refractivity contribution in [1.29, 1.82) is 0 Å². The SMILES string of the molecule is COc1cc2c(cc1Br)CCOC2CN1CCN(CC2OCCc3cc(Br)c(OC)cc32)CC1. The molecule has 0 N–H and O–H groups in total. The Kier molecular flexibility index (Phi) is 7.83. The molecule has 184 valence electrons. The molecule has 0 aromatic heterocycles. The highest BCUT2D eigenvalue weighted by Crippen LogP contribution is 2.37. The first-order chi connectivity index (χ1) is 16.6. The maximum Gasteiger partial charge on any atom is 0.133 e. The second kappa shape index (κ2) is 10.8. The lowest BCUT2D eigenvalue weighted by molar-refractivity contribution is -0.0137. The van der Waals surface area contributed by atoms with E-state index in [4.69, 9.17) is 18.9 Å². The predicted octanol–water partition coefficient (Wildman–Crippen LogP) is 4.77. The fourth-order valence-electron chi connectivity index (χ4n) is 5.29. The van der Waals surface area contributed by atoms with E-state index in [0.29, 0.717) is 0 Å². The minimum absolute atomic E-state index is 0.0942. The summed E-state index contributed by atoms with van der Waals surface area (Å²) >= 11 is 7.24. The number of rotatable bonds is 6. The molecule has 0 spiro atoms. The molecule has 0 amide bonds. The fraction of sp³-hybridized carbons (Fsp3) is 0.538. The average Bonchev–Trinajstić information content (AvgIpc) is 2.84. The van der Waals surface area contributed by atoms with E-state index < -0.39 is 0 Å². The van der Waals surface area contributed by atoms with Gasteiger partial charge in [-0.25, -0.2) is 0 Å². The number of piperazine rings is 1. The summed E-state index contributed by atoms with van der Waals surface area (Å²) in [6.07, 6.45) is 2.09. The van der Waals surface area contributed by atoms with Crippen molar-refractivity contribution in [3.63, 3.8) is 0 Å². The number of fused-ring (bicyclic) bond motifs is 2. The zero-order chi connectivity index (χ0) is 23.7. The van der Waals surface area contributed by atoms with E-state index in [1.54, 1.807) is 14.2 Å². The third-order valence-electron chi connectivity index (χ3n) is 7.21. The summed E-state index contributed by atoms with van der Waals surface area (Å²) in [5, 5.41) is 0. The van der Waals surface area contributed by atoms with Gasteiger partial charge in [-0.1, -0.05) is 0 Å². The molecule has 2 unspecified atom stereocenters. The van der Waals surface area contributed by atoms with Crippen molar-refractivity contribution in [2.24, 2.45) is 0 Å². The highest BCUT2D eigenvalue weighted by Gasteiger charge is 2.29. The zero-order valence-electron chi connectivity index (χ0n) is 19.8. The summed E-state index contributed by atoms with van der Waals surface area (Å²) in [6, 6.07) is 8.67. The maximum atomic E-state index is 6.20. The quantitative estimate of drug-likeness (QED) is 0.479. The summed E-state index contributed by atoms with van der Waals surface area (Å²) in [6.45, 7) is 7.51. The van der Waals surface area contributed by atoms with Crippen molar-refractivity contribution in [3.05, 3.63) is 55.5 Å². The van der Waals surface area contributed by atoms with Gasteiger partial charge in [-0.15, -0.1) is 0 Å². The number of ether oxygens (including phenoxy) is 4. The third kappa shape index (κ3) is 5.18. The van der Waals surface area contributed by atoms with Crippen LogP contribution in [0.15, 0.2) is 33.2 Å². The number of halogens is 2. The minimum Gasteiger partial charge on any atom is -0.496 e. The molecule has 3 heterocycles. The first-order valence-electron chi connectivity index (χ1n) is 12.0. The molecule has 2 atom stereocenters. The monoisotopic (exact) mass is 594 g/mol. The summed E-state index contributed by atoms with van der Waals surface area (Å²) in [7, 11) is 3.43. The lowest BCUT2D eigenvalue weighted by Crippen LogP contribution is -2.49. The molecule has 0 saturated carbocycles. The van der Waals surface area contributed by atoms with E-state index in [1.165, 1.54) is 22.3 Å². The molecule has 0 radical (unpaired) electrons. The van der Waals surface area contributed by atoms with E-state index in [9.17, 15) is 0 Å². The Bertz CT molecular complexity index is 945. The largest absolute Gasteiger partial charge is 0.496 e. The molecule has 34 heavy (non-hydrogen) atoms. The van der Waals surface area contributed by atoms with Gasteiger partial charge in [0.2, 0.25) is 0 Å². The molecule has 8 heteroatoms. The van der Waals surface area contributed by atoms with Gasteiger partial charge in [0.25, 0.3) is 0 Å². The number of hydrogen-bond acceptors (Lipinski definition) is 6. The van der Waals surface area contributed by atoms with Crippen molar-refractivity contribution in [1.82, 2.24) is 9.80 Å². The van der Waals surface area contributed by atoms with Gasteiger partial charge in [0.15, 0.2) is 0 Å². The van der Waals surface area contributed by atoms with Crippen LogP contribution in [-0.2, 0) is 22.3 Å². The molecular weight excluding hydrogens is 564 g/mol. The van der Waals surface area contributed by atoms with Crippen LogP contribution in [-0.4, -0.2) is 76.5 Å². The van der Waals surface area contributed by atoms with Crippen LogP contribution in [0.2, 0.25) is 0 Å². The summed E-state index contributed by atoms with van der Waals surface area (Å²) in [4.78, 5) is 5.06. The third-order valence-corrected chi connectivity index (χ3v) is 8.45. The number of benzene rings is 2. The van der Waals surface area contributed by atoms with Gasteiger partial charge in [0, 0.05) is 39.3 Å². The lowest BCUT2D eigenvalue weighted by Gasteiger charge is -2.39. The Labute approximate surface area is 218 Å². The van der Waals surface area contributed by atoms with E-state index in [-0.39, 0.29) is 12.2 Å². The Balaban J connectivity index is 1.20. The molecule has 3 aliphatic rings. The van der Waals surface area contributed by atoms with Gasteiger partial charge in [-0.2, -0.15) is 0 Å². The van der Waals surface area contributed by atoms with Gasteiger partial charge in [0.05, 0.1) is 48.6 Å². The minimum atomic E-state index is 0.0942.